The highest BCUT2D eigenvalue weighted by Gasteiger charge is 2.47. The summed E-state index contributed by atoms with van der Waals surface area (Å²) in [5, 5.41) is 0. The molecule has 0 saturated heterocycles. The normalized spacial score (nSPS) is 25.0. The number of nitrogens with zero attached hydrogens (tertiary/aromatic N) is 1. The van der Waals surface area contributed by atoms with Crippen LogP contribution in [0.4, 0.5) is 0 Å². The van der Waals surface area contributed by atoms with E-state index in [2.05, 4.69) is 50.6 Å². The summed E-state index contributed by atoms with van der Waals surface area (Å²) < 4.78 is 11.9. The minimum absolute atomic E-state index is 0.0540. The van der Waals surface area contributed by atoms with Crippen molar-refractivity contribution in [1.29, 1.82) is 0 Å². The molecule has 0 spiro atoms. The lowest BCUT2D eigenvalue weighted by atomic mass is 9.73. The molecule has 3 heteroatoms. The second-order valence-electron chi connectivity index (χ2n) is 7.13. The van der Waals surface area contributed by atoms with E-state index in [4.69, 9.17) is 9.47 Å². The molecule has 1 aromatic rings. The van der Waals surface area contributed by atoms with E-state index in [1.807, 2.05) is 6.07 Å². The third kappa shape index (κ3) is 2.78. The lowest BCUT2D eigenvalue weighted by Crippen LogP contribution is -2.36. The lowest BCUT2D eigenvalue weighted by molar-refractivity contribution is 0.160. The van der Waals surface area contributed by atoms with E-state index in [0.29, 0.717) is 0 Å². The molecule has 3 nitrogen and oxygen atoms in total. The number of likely N-dealkylation sites (N-methyl/N-ethyl adjacent to an activating group) is 1. The van der Waals surface area contributed by atoms with Crippen LogP contribution < -0.4 is 9.47 Å². The van der Waals surface area contributed by atoms with Crippen molar-refractivity contribution in [3.63, 3.8) is 0 Å². The van der Waals surface area contributed by atoms with E-state index in [1.54, 1.807) is 7.11 Å². The fourth-order valence-corrected chi connectivity index (χ4v) is 3.96. The number of benzene rings is 1. The fraction of sp³-hybridized carbons (Fsp3) is 0.500. The first-order chi connectivity index (χ1) is 11.0. The summed E-state index contributed by atoms with van der Waals surface area (Å²) in [6, 6.07) is 4.22. The number of hydrogen-bond acceptors (Lipinski definition) is 3. The first kappa shape index (κ1) is 16.1. The predicted molar refractivity (Wildman–Crippen MR) is 94.3 cm³/mol. The Kier molecular flexibility index (Phi) is 4.24. The molecule has 0 radical (unpaired) electrons. The topological polar surface area (TPSA) is 21.7 Å². The second-order valence-corrected chi connectivity index (χ2v) is 7.13. The Morgan fingerprint density at radius 1 is 1.48 bits per heavy atom. The van der Waals surface area contributed by atoms with Crippen molar-refractivity contribution in [2.45, 2.75) is 44.8 Å². The van der Waals surface area contributed by atoms with Gasteiger partial charge in [0.25, 0.3) is 0 Å². The maximum Gasteiger partial charge on any atom is 0.166 e. The number of fused-ring (bicyclic) bond motifs is 3. The molecule has 0 fully saturated rings. The lowest BCUT2D eigenvalue weighted by Gasteiger charge is -2.31. The highest BCUT2D eigenvalue weighted by molar-refractivity contribution is 5.59. The second kappa shape index (κ2) is 6.04. The van der Waals surface area contributed by atoms with Gasteiger partial charge in [-0.05, 0) is 45.4 Å². The van der Waals surface area contributed by atoms with Crippen LogP contribution in [-0.4, -0.2) is 31.7 Å². The summed E-state index contributed by atoms with van der Waals surface area (Å²) in [4.78, 5) is 2.30. The summed E-state index contributed by atoms with van der Waals surface area (Å²) in [6.07, 6.45) is 6.97. The number of allylic oxidation sites excluding steroid dienone is 1. The summed E-state index contributed by atoms with van der Waals surface area (Å²) in [6.45, 7) is 10.2. The van der Waals surface area contributed by atoms with Crippen molar-refractivity contribution >= 4 is 0 Å². The van der Waals surface area contributed by atoms with Crippen LogP contribution >= 0.6 is 0 Å². The van der Waals surface area contributed by atoms with Gasteiger partial charge in [-0.15, -0.1) is 0 Å². The SMILES string of the molecule is C=C(C)CN(C)Cc1ccc(OC)c2c1C1(C)C=CCC[C@@H]1O2. The van der Waals surface area contributed by atoms with Crippen molar-refractivity contribution in [2.24, 2.45) is 0 Å². The molecular weight excluding hydrogens is 286 g/mol. The van der Waals surface area contributed by atoms with E-state index in [0.717, 1.165) is 37.4 Å². The smallest absolute Gasteiger partial charge is 0.166 e. The molecule has 3 rings (SSSR count). The van der Waals surface area contributed by atoms with E-state index in [9.17, 15) is 0 Å². The van der Waals surface area contributed by atoms with Crippen molar-refractivity contribution in [3.8, 4) is 11.5 Å². The molecule has 1 heterocycles. The van der Waals surface area contributed by atoms with Crippen LogP contribution in [0.1, 0.15) is 37.8 Å². The minimum Gasteiger partial charge on any atom is -0.493 e. The maximum atomic E-state index is 6.33. The van der Waals surface area contributed by atoms with Gasteiger partial charge in [-0.2, -0.15) is 0 Å². The minimum atomic E-state index is -0.0540. The molecule has 1 aliphatic carbocycles. The van der Waals surface area contributed by atoms with Crippen LogP contribution in [0, 0.1) is 0 Å². The van der Waals surface area contributed by atoms with Gasteiger partial charge in [0.05, 0.1) is 12.5 Å². The summed E-state index contributed by atoms with van der Waals surface area (Å²) in [7, 11) is 3.85. The molecule has 1 aliphatic heterocycles. The molecular formula is C20H27NO2. The zero-order valence-electron chi connectivity index (χ0n) is 14.7. The highest BCUT2D eigenvalue weighted by Crippen LogP contribution is 2.52. The Hall–Kier alpha value is -1.74. The molecule has 1 aromatic carbocycles. The van der Waals surface area contributed by atoms with Gasteiger partial charge in [-0.3, -0.25) is 4.90 Å². The first-order valence-corrected chi connectivity index (χ1v) is 8.33. The standard InChI is InChI=1S/C20H27NO2/c1-14(2)12-21(4)13-15-9-10-16(22-5)19-18(15)20(3)11-7-6-8-17(20)23-19/h7,9-11,17H,1,6,8,12-13H2,2-5H3/t17-,20?/m0/s1. The molecule has 23 heavy (non-hydrogen) atoms. The highest BCUT2D eigenvalue weighted by atomic mass is 16.5. The van der Waals surface area contributed by atoms with Crippen LogP contribution in [0.15, 0.2) is 36.4 Å². The number of rotatable bonds is 5. The largest absolute Gasteiger partial charge is 0.493 e. The summed E-state index contributed by atoms with van der Waals surface area (Å²) in [5.74, 6) is 1.78. The van der Waals surface area contributed by atoms with E-state index in [-0.39, 0.29) is 11.5 Å². The molecule has 0 aromatic heterocycles. The van der Waals surface area contributed by atoms with Crippen LogP contribution in [0.5, 0.6) is 11.5 Å². The van der Waals surface area contributed by atoms with Gasteiger partial charge in [0.15, 0.2) is 11.5 Å². The Morgan fingerprint density at radius 3 is 2.96 bits per heavy atom. The number of hydrogen-bond donors (Lipinski definition) is 0. The Morgan fingerprint density at radius 2 is 2.26 bits per heavy atom. The zero-order chi connectivity index (χ0) is 16.6. The van der Waals surface area contributed by atoms with Gasteiger partial charge in [0.2, 0.25) is 0 Å². The molecule has 0 bridgehead atoms. The van der Waals surface area contributed by atoms with Crippen molar-refractivity contribution in [3.05, 3.63) is 47.6 Å². The van der Waals surface area contributed by atoms with Crippen LogP contribution in [0.25, 0.3) is 0 Å². The van der Waals surface area contributed by atoms with Crippen molar-refractivity contribution in [1.82, 2.24) is 4.90 Å². The van der Waals surface area contributed by atoms with Gasteiger partial charge >= 0.3 is 0 Å². The molecule has 2 aliphatic rings. The molecule has 124 valence electrons. The molecule has 2 atom stereocenters. The van der Waals surface area contributed by atoms with Gasteiger partial charge in [-0.25, -0.2) is 0 Å². The average molecular weight is 313 g/mol. The zero-order valence-corrected chi connectivity index (χ0v) is 14.7. The molecule has 1 unspecified atom stereocenters. The average Bonchev–Trinajstić information content (AvgIpc) is 2.80. The van der Waals surface area contributed by atoms with Crippen molar-refractivity contribution in [2.75, 3.05) is 20.7 Å². The van der Waals surface area contributed by atoms with Gasteiger partial charge < -0.3 is 9.47 Å². The van der Waals surface area contributed by atoms with Crippen LogP contribution in [0.3, 0.4) is 0 Å². The third-order valence-electron chi connectivity index (χ3n) is 4.94. The Bertz CT molecular complexity index is 649. The molecule has 0 amide bonds. The van der Waals surface area contributed by atoms with Crippen LogP contribution in [-0.2, 0) is 12.0 Å². The van der Waals surface area contributed by atoms with Crippen molar-refractivity contribution < 1.29 is 9.47 Å². The van der Waals surface area contributed by atoms with E-state index >= 15 is 0 Å². The quantitative estimate of drug-likeness (QED) is 0.765. The fourth-order valence-electron chi connectivity index (χ4n) is 3.96. The summed E-state index contributed by atoms with van der Waals surface area (Å²) >= 11 is 0. The Labute approximate surface area is 139 Å². The van der Waals surface area contributed by atoms with E-state index in [1.165, 1.54) is 16.7 Å². The van der Waals surface area contributed by atoms with Gasteiger partial charge in [-0.1, -0.05) is 30.4 Å². The number of methoxy groups -OCH3 is 1. The van der Waals surface area contributed by atoms with E-state index < -0.39 is 0 Å². The van der Waals surface area contributed by atoms with Gasteiger partial charge in [0, 0.05) is 18.7 Å². The third-order valence-corrected chi connectivity index (χ3v) is 4.94. The maximum absolute atomic E-state index is 6.33. The molecule has 0 saturated carbocycles. The summed E-state index contributed by atoms with van der Waals surface area (Å²) in [5.41, 5.74) is 3.74. The monoisotopic (exact) mass is 313 g/mol. The van der Waals surface area contributed by atoms with Gasteiger partial charge in [0.1, 0.15) is 6.10 Å². The number of ether oxygens (including phenoxy) is 2. The Balaban J connectivity index is 2.03. The van der Waals surface area contributed by atoms with Crippen LogP contribution in [0.2, 0.25) is 0 Å². The first-order valence-electron chi connectivity index (χ1n) is 8.33. The predicted octanol–water partition coefficient (Wildman–Crippen LogP) is 4.07. The molecule has 0 N–H and O–H groups in total.